The Kier molecular flexibility index (Phi) is 6.50. The average Bonchev–Trinajstić information content (AvgIpc) is 2.75. The van der Waals surface area contributed by atoms with Crippen LogP contribution in [0.3, 0.4) is 0 Å². The molecule has 1 N–H and O–H groups in total. The summed E-state index contributed by atoms with van der Waals surface area (Å²) in [5.41, 5.74) is 0.549. The molecule has 1 unspecified atom stereocenters. The van der Waals surface area contributed by atoms with Crippen molar-refractivity contribution in [1.82, 2.24) is 5.32 Å². The van der Waals surface area contributed by atoms with Crippen molar-refractivity contribution in [2.45, 2.75) is 52.9 Å². The number of nitrogens with one attached hydrogen (secondary N) is 1. The summed E-state index contributed by atoms with van der Waals surface area (Å²) in [6.07, 6.45) is 6.85. The normalized spacial score (nSPS) is 21.0. The van der Waals surface area contributed by atoms with E-state index in [9.17, 15) is 0 Å². The van der Waals surface area contributed by atoms with Gasteiger partial charge in [0, 0.05) is 20.3 Å². The van der Waals surface area contributed by atoms with Crippen molar-refractivity contribution in [1.29, 1.82) is 0 Å². The summed E-state index contributed by atoms with van der Waals surface area (Å²) in [6, 6.07) is 0. The molecule has 0 bridgehead atoms. The van der Waals surface area contributed by atoms with E-state index in [-0.39, 0.29) is 0 Å². The van der Waals surface area contributed by atoms with Crippen LogP contribution in [0.1, 0.15) is 52.9 Å². The van der Waals surface area contributed by atoms with E-state index in [0.717, 1.165) is 25.0 Å². The van der Waals surface area contributed by atoms with Crippen LogP contribution in [0.5, 0.6) is 0 Å². The van der Waals surface area contributed by atoms with Crippen molar-refractivity contribution in [3.05, 3.63) is 0 Å². The highest BCUT2D eigenvalue weighted by molar-refractivity contribution is 4.90. The second-order valence-electron chi connectivity index (χ2n) is 6.28. The molecule has 0 radical (unpaired) electrons. The van der Waals surface area contributed by atoms with E-state index in [1.165, 1.54) is 38.6 Å². The SMILES string of the molecule is COCCC(C)C1(CNCC(C)C)CCCC1. The Morgan fingerprint density at radius 2 is 1.82 bits per heavy atom. The molecule has 17 heavy (non-hydrogen) atoms. The van der Waals surface area contributed by atoms with Gasteiger partial charge in [-0.25, -0.2) is 0 Å². The Morgan fingerprint density at radius 1 is 1.18 bits per heavy atom. The highest BCUT2D eigenvalue weighted by Crippen LogP contribution is 2.45. The summed E-state index contributed by atoms with van der Waals surface area (Å²) in [6.45, 7) is 10.2. The molecule has 0 spiro atoms. The first-order valence-electron chi connectivity index (χ1n) is 7.30. The van der Waals surface area contributed by atoms with Gasteiger partial charge in [0.15, 0.2) is 0 Å². The van der Waals surface area contributed by atoms with Gasteiger partial charge in [-0.3, -0.25) is 0 Å². The molecule has 0 aliphatic heterocycles. The van der Waals surface area contributed by atoms with Gasteiger partial charge in [0.05, 0.1) is 0 Å². The summed E-state index contributed by atoms with van der Waals surface area (Å²) in [4.78, 5) is 0. The summed E-state index contributed by atoms with van der Waals surface area (Å²) < 4.78 is 5.24. The summed E-state index contributed by atoms with van der Waals surface area (Å²) in [7, 11) is 1.81. The smallest absolute Gasteiger partial charge is 0.0465 e. The minimum atomic E-state index is 0.549. The number of methoxy groups -OCH3 is 1. The van der Waals surface area contributed by atoms with Gasteiger partial charge >= 0.3 is 0 Å². The molecule has 0 saturated heterocycles. The lowest BCUT2D eigenvalue weighted by atomic mass is 9.73. The third kappa shape index (κ3) is 4.59. The van der Waals surface area contributed by atoms with Gasteiger partial charge in [0.1, 0.15) is 0 Å². The molecule has 0 amide bonds. The van der Waals surface area contributed by atoms with Crippen molar-refractivity contribution in [3.63, 3.8) is 0 Å². The van der Waals surface area contributed by atoms with E-state index < -0.39 is 0 Å². The maximum atomic E-state index is 5.24. The topological polar surface area (TPSA) is 21.3 Å². The third-order valence-corrected chi connectivity index (χ3v) is 4.43. The van der Waals surface area contributed by atoms with Gasteiger partial charge in [0.25, 0.3) is 0 Å². The average molecular weight is 241 g/mol. The zero-order valence-corrected chi connectivity index (χ0v) is 12.2. The van der Waals surface area contributed by atoms with E-state index in [1.54, 1.807) is 0 Å². The Labute approximate surface area is 108 Å². The molecule has 0 aromatic heterocycles. The Bertz CT molecular complexity index is 197. The molecule has 0 aromatic rings. The predicted molar refractivity (Wildman–Crippen MR) is 74.3 cm³/mol. The van der Waals surface area contributed by atoms with Gasteiger partial charge < -0.3 is 10.1 Å². The molecule has 1 aliphatic carbocycles. The first kappa shape index (κ1) is 15.0. The van der Waals surface area contributed by atoms with E-state index in [1.807, 2.05) is 7.11 Å². The minimum absolute atomic E-state index is 0.549. The van der Waals surface area contributed by atoms with E-state index >= 15 is 0 Å². The van der Waals surface area contributed by atoms with Crippen LogP contribution in [0.25, 0.3) is 0 Å². The second-order valence-corrected chi connectivity index (χ2v) is 6.28. The number of hydrogen-bond acceptors (Lipinski definition) is 2. The monoisotopic (exact) mass is 241 g/mol. The maximum absolute atomic E-state index is 5.24. The first-order valence-corrected chi connectivity index (χ1v) is 7.30. The van der Waals surface area contributed by atoms with Crippen molar-refractivity contribution < 1.29 is 4.74 Å². The Balaban J connectivity index is 2.43. The van der Waals surface area contributed by atoms with Gasteiger partial charge in [-0.05, 0) is 43.1 Å². The van der Waals surface area contributed by atoms with Gasteiger partial charge in [-0.2, -0.15) is 0 Å². The largest absolute Gasteiger partial charge is 0.385 e. The predicted octanol–water partition coefficient (Wildman–Crippen LogP) is 3.47. The van der Waals surface area contributed by atoms with Crippen molar-refractivity contribution in [2.75, 3.05) is 26.8 Å². The highest BCUT2D eigenvalue weighted by atomic mass is 16.5. The molecule has 2 heteroatoms. The Morgan fingerprint density at radius 3 is 2.35 bits per heavy atom. The Hall–Kier alpha value is -0.0800. The standard InChI is InChI=1S/C15H31NO/c1-13(2)11-16-12-15(8-5-6-9-15)14(3)7-10-17-4/h13-14,16H,5-12H2,1-4H3. The molecule has 1 saturated carbocycles. The molecule has 1 aliphatic rings. The van der Waals surface area contributed by atoms with Crippen molar-refractivity contribution in [2.24, 2.45) is 17.3 Å². The lowest BCUT2D eigenvalue weighted by Gasteiger charge is -2.36. The third-order valence-electron chi connectivity index (χ3n) is 4.43. The summed E-state index contributed by atoms with van der Waals surface area (Å²) in [5.74, 6) is 1.53. The van der Waals surface area contributed by atoms with Crippen LogP contribution in [-0.2, 0) is 4.74 Å². The van der Waals surface area contributed by atoms with Crippen LogP contribution in [0.2, 0.25) is 0 Å². The van der Waals surface area contributed by atoms with Gasteiger partial charge in [-0.1, -0.05) is 33.6 Å². The molecule has 1 rings (SSSR count). The molecule has 2 nitrogen and oxygen atoms in total. The van der Waals surface area contributed by atoms with Crippen LogP contribution >= 0.6 is 0 Å². The van der Waals surface area contributed by atoms with Crippen molar-refractivity contribution in [3.8, 4) is 0 Å². The van der Waals surface area contributed by atoms with Crippen molar-refractivity contribution >= 4 is 0 Å². The number of hydrogen-bond donors (Lipinski definition) is 1. The van der Waals surface area contributed by atoms with Gasteiger partial charge in [-0.15, -0.1) is 0 Å². The lowest BCUT2D eigenvalue weighted by molar-refractivity contribution is 0.114. The summed E-state index contributed by atoms with van der Waals surface area (Å²) >= 11 is 0. The van der Waals surface area contributed by atoms with Gasteiger partial charge in [0.2, 0.25) is 0 Å². The maximum Gasteiger partial charge on any atom is 0.0465 e. The quantitative estimate of drug-likeness (QED) is 0.702. The second kappa shape index (κ2) is 7.38. The fourth-order valence-corrected chi connectivity index (χ4v) is 3.13. The van der Waals surface area contributed by atoms with E-state index in [0.29, 0.717) is 5.41 Å². The highest BCUT2D eigenvalue weighted by Gasteiger charge is 2.38. The summed E-state index contributed by atoms with van der Waals surface area (Å²) in [5, 5.41) is 3.68. The van der Waals surface area contributed by atoms with Crippen LogP contribution < -0.4 is 5.32 Å². The minimum Gasteiger partial charge on any atom is -0.385 e. The fourth-order valence-electron chi connectivity index (χ4n) is 3.13. The molecule has 1 atom stereocenters. The fraction of sp³-hybridized carbons (Fsp3) is 1.00. The van der Waals surface area contributed by atoms with Crippen LogP contribution in [0.4, 0.5) is 0 Å². The number of ether oxygens (including phenoxy) is 1. The molecular formula is C15H31NO. The van der Waals surface area contributed by atoms with E-state index in [2.05, 4.69) is 26.1 Å². The van der Waals surface area contributed by atoms with E-state index in [4.69, 9.17) is 4.74 Å². The van der Waals surface area contributed by atoms with Crippen LogP contribution in [0, 0.1) is 17.3 Å². The molecule has 0 heterocycles. The first-order chi connectivity index (χ1) is 8.10. The zero-order valence-electron chi connectivity index (χ0n) is 12.2. The lowest BCUT2D eigenvalue weighted by Crippen LogP contribution is -2.39. The van der Waals surface area contributed by atoms with Crippen LogP contribution in [0.15, 0.2) is 0 Å². The molecule has 1 fully saturated rings. The molecule has 0 aromatic carbocycles. The molecule has 102 valence electrons. The molecular weight excluding hydrogens is 210 g/mol. The van der Waals surface area contributed by atoms with Crippen LogP contribution in [-0.4, -0.2) is 26.8 Å². The zero-order chi connectivity index (χ0) is 12.7. The number of rotatable bonds is 8.